The Morgan fingerprint density at radius 1 is 0.642 bits per heavy atom. The number of carbonyl (C=O) groups is 1. The molecule has 1 aliphatic heterocycles. The summed E-state index contributed by atoms with van der Waals surface area (Å²) >= 11 is 0. The van der Waals surface area contributed by atoms with Gasteiger partial charge in [0.05, 0.1) is 25.4 Å². The van der Waals surface area contributed by atoms with Crippen molar-refractivity contribution in [1.82, 2.24) is 5.32 Å². The number of allylic oxidation sites excluding steroid dienone is 4. The van der Waals surface area contributed by atoms with Gasteiger partial charge in [0, 0.05) is 0 Å². The van der Waals surface area contributed by atoms with Crippen LogP contribution < -0.4 is 5.32 Å². The standard InChI is InChI=1S/C43H81NO9/c1-3-5-7-9-11-13-15-17-18-19-20-22-24-26-28-30-32-37(47)42(51)44-35(34-52-43-41(50)40(49)39(48)38(33-45)53-43)36(46)31-29-27-25-23-21-16-14-12-10-8-6-4-2/h11,13,17-18,35-41,43,45-50H,3-10,12,14-16,19-34H2,1-2H3,(H,44,51)/b13-11-,18-17-. The Hall–Kier alpha value is -1.37. The third-order valence-corrected chi connectivity index (χ3v) is 10.4. The highest BCUT2D eigenvalue weighted by Gasteiger charge is 2.44. The molecule has 1 amide bonds. The number of amides is 1. The second kappa shape index (κ2) is 33.9. The summed E-state index contributed by atoms with van der Waals surface area (Å²) in [5, 5.41) is 64.6. The molecule has 1 aliphatic rings. The van der Waals surface area contributed by atoms with Crippen LogP contribution in [0.4, 0.5) is 0 Å². The number of aliphatic hydroxyl groups is 6. The van der Waals surface area contributed by atoms with Crippen LogP contribution in [-0.4, -0.2) is 98.7 Å². The molecule has 0 saturated carbocycles. The van der Waals surface area contributed by atoms with E-state index < -0.39 is 61.5 Å². The summed E-state index contributed by atoms with van der Waals surface area (Å²) in [6.45, 7) is 3.61. The number of aliphatic hydroxyl groups excluding tert-OH is 6. The van der Waals surface area contributed by atoms with E-state index in [1.807, 2.05) is 0 Å². The Morgan fingerprint density at radius 2 is 1.11 bits per heavy atom. The number of ether oxygens (including phenoxy) is 2. The predicted molar refractivity (Wildman–Crippen MR) is 213 cm³/mol. The van der Waals surface area contributed by atoms with E-state index in [4.69, 9.17) is 9.47 Å². The molecule has 10 nitrogen and oxygen atoms in total. The van der Waals surface area contributed by atoms with Gasteiger partial charge in [0.25, 0.3) is 0 Å². The number of unbranched alkanes of at least 4 members (excludes halogenated alkanes) is 20. The first-order chi connectivity index (χ1) is 25.8. The smallest absolute Gasteiger partial charge is 0.249 e. The fourth-order valence-electron chi connectivity index (χ4n) is 6.78. The largest absolute Gasteiger partial charge is 0.394 e. The van der Waals surface area contributed by atoms with Gasteiger partial charge in [0.15, 0.2) is 6.29 Å². The minimum absolute atomic E-state index is 0.258. The summed E-state index contributed by atoms with van der Waals surface area (Å²) in [6, 6.07) is -0.895. The molecule has 1 rings (SSSR count). The first-order valence-corrected chi connectivity index (χ1v) is 21.6. The van der Waals surface area contributed by atoms with Gasteiger partial charge < -0.3 is 45.4 Å². The Morgan fingerprint density at radius 3 is 1.66 bits per heavy atom. The van der Waals surface area contributed by atoms with Gasteiger partial charge in [-0.15, -0.1) is 0 Å². The van der Waals surface area contributed by atoms with Crippen molar-refractivity contribution in [3.8, 4) is 0 Å². The second-order valence-electron chi connectivity index (χ2n) is 15.3. The lowest BCUT2D eigenvalue weighted by atomic mass is 9.99. The van der Waals surface area contributed by atoms with Crippen LogP contribution in [-0.2, 0) is 14.3 Å². The number of hydrogen-bond donors (Lipinski definition) is 7. The first-order valence-electron chi connectivity index (χ1n) is 21.6. The van der Waals surface area contributed by atoms with E-state index in [1.54, 1.807) is 0 Å². The van der Waals surface area contributed by atoms with Crippen LogP contribution in [0.1, 0.15) is 181 Å². The maximum Gasteiger partial charge on any atom is 0.249 e. The second-order valence-corrected chi connectivity index (χ2v) is 15.3. The third kappa shape index (κ3) is 24.7. The molecule has 0 bridgehead atoms. The molecule has 0 aromatic heterocycles. The Labute approximate surface area is 322 Å². The monoisotopic (exact) mass is 756 g/mol. The molecule has 1 saturated heterocycles. The maximum absolute atomic E-state index is 13.0. The highest BCUT2D eigenvalue weighted by Crippen LogP contribution is 2.23. The lowest BCUT2D eigenvalue weighted by Crippen LogP contribution is -2.60. The van der Waals surface area contributed by atoms with E-state index in [0.29, 0.717) is 19.3 Å². The average molecular weight is 756 g/mol. The molecular weight excluding hydrogens is 674 g/mol. The van der Waals surface area contributed by atoms with Gasteiger partial charge in [-0.3, -0.25) is 4.79 Å². The average Bonchev–Trinajstić information content (AvgIpc) is 3.16. The molecule has 8 unspecified atom stereocenters. The lowest BCUT2D eigenvalue weighted by molar-refractivity contribution is -0.302. The predicted octanol–water partition coefficient (Wildman–Crippen LogP) is 7.30. The van der Waals surface area contributed by atoms with Gasteiger partial charge in [-0.25, -0.2) is 0 Å². The van der Waals surface area contributed by atoms with Gasteiger partial charge in [-0.05, 0) is 44.9 Å². The normalized spacial score (nSPS) is 22.5. The van der Waals surface area contributed by atoms with Crippen LogP contribution in [0, 0.1) is 0 Å². The van der Waals surface area contributed by atoms with Crippen LogP contribution in [0.15, 0.2) is 24.3 Å². The van der Waals surface area contributed by atoms with E-state index in [9.17, 15) is 35.4 Å². The highest BCUT2D eigenvalue weighted by molar-refractivity contribution is 5.80. The SMILES string of the molecule is CCCCC/C=C\C/C=C\CCCCCCCCC(O)C(=O)NC(COC1OC(CO)C(O)C(O)C1O)C(O)CCCCCCCCCCCCCC. The summed E-state index contributed by atoms with van der Waals surface area (Å²) in [7, 11) is 0. The first kappa shape index (κ1) is 49.6. The molecule has 0 aromatic rings. The summed E-state index contributed by atoms with van der Waals surface area (Å²) in [4.78, 5) is 13.0. The summed E-state index contributed by atoms with van der Waals surface area (Å²) in [6.07, 6.45) is 27.9. The summed E-state index contributed by atoms with van der Waals surface area (Å²) in [5.41, 5.74) is 0. The van der Waals surface area contributed by atoms with E-state index in [0.717, 1.165) is 70.6 Å². The van der Waals surface area contributed by atoms with Crippen molar-refractivity contribution in [3.63, 3.8) is 0 Å². The van der Waals surface area contributed by atoms with E-state index in [1.165, 1.54) is 77.0 Å². The van der Waals surface area contributed by atoms with Crippen molar-refractivity contribution in [1.29, 1.82) is 0 Å². The van der Waals surface area contributed by atoms with Crippen LogP contribution in [0.25, 0.3) is 0 Å². The minimum Gasteiger partial charge on any atom is -0.394 e. The molecule has 53 heavy (non-hydrogen) atoms. The van der Waals surface area contributed by atoms with E-state index >= 15 is 0 Å². The van der Waals surface area contributed by atoms with Crippen LogP contribution in [0.5, 0.6) is 0 Å². The molecule has 1 fully saturated rings. The Bertz CT molecular complexity index is 901. The molecule has 1 heterocycles. The zero-order valence-corrected chi connectivity index (χ0v) is 33.6. The Balaban J connectivity index is 2.43. The van der Waals surface area contributed by atoms with E-state index in [2.05, 4.69) is 43.5 Å². The summed E-state index contributed by atoms with van der Waals surface area (Å²) in [5.74, 6) is -0.594. The topological polar surface area (TPSA) is 169 Å². The third-order valence-electron chi connectivity index (χ3n) is 10.4. The van der Waals surface area contributed by atoms with Crippen LogP contribution in [0.2, 0.25) is 0 Å². The fraction of sp³-hybridized carbons (Fsp3) is 0.884. The molecule has 0 spiro atoms. The van der Waals surface area contributed by atoms with Crippen molar-refractivity contribution < 1.29 is 44.9 Å². The van der Waals surface area contributed by atoms with Crippen molar-refractivity contribution in [2.24, 2.45) is 0 Å². The minimum atomic E-state index is -1.60. The highest BCUT2D eigenvalue weighted by atomic mass is 16.7. The molecule has 312 valence electrons. The molecule has 10 heteroatoms. The number of rotatable bonds is 35. The number of hydrogen-bond acceptors (Lipinski definition) is 9. The molecule has 7 N–H and O–H groups in total. The Kier molecular flexibility index (Phi) is 31.8. The molecular formula is C43H81NO9. The van der Waals surface area contributed by atoms with Gasteiger partial charge >= 0.3 is 0 Å². The molecule has 0 aromatic carbocycles. The molecule has 0 radical (unpaired) electrons. The fourth-order valence-corrected chi connectivity index (χ4v) is 6.78. The maximum atomic E-state index is 13.0. The van der Waals surface area contributed by atoms with Crippen molar-refractivity contribution in [3.05, 3.63) is 24.3 Å². The quantitative estimate of drug-likeness (QED) is 0.0259. The lowest BCUT2D eigenvalue weighted by Gasteiger charge is -2.40. The number of nitrogens with one attached hydrogen (secondary N) is 1. The van der Waals surface area contributed by atoms with Crippen LogP contribution in [0.3, 0.4) is 0 Å². The van der Waals surface area contributed by atoms with Gasteiger partial charge in [-0.2, -0.15) is 0 Å². The molecule has 8 atom stereocenters. The zero-order chi connectivity index (χ0) is 38.9. The van der Waals surface area contributed by atoms with Gasteiger partial charge in [0.1, 0.15) is 30.5 Å². The van der Waals surface area contributed by atoms with Crippen molar-refractivity contribution >= 4 is 5.91 Å². The molecule has 0 aliphatic carbocycles. The van der Waals surface area contributed by atoms with E-state index in [-0.39, 0.29) is 6.61 Å². The number of carbonyl (C=O) groups excluding carboxylic acids is 1. The van der Waals surface area contributed by atoms with Crippen molar-refractivity contribution in [2.45, 2.75) is 230 Å². The van der Waals surface area contributed by atoms with Gasteiger partial charge in [-0.1, -0.05) is 160 Å². The van der Waals surface area contributed by atoms with Crippen molar-refractivity contribution in [2.75, 3.05) is 13.2 Å². The zero-order valence-electron chi connectivity index (χ0n) is 33.6. The summed E-state index contributed by atoms with van der Waals surface area (Å²) < 4.78 is 11.1. The van der Waals surface area contributed by atoms with Gasteiger partial charge in [0.2, 0.25) is 5.91 Å². The van der Waals surface area contributed by atoms with Crippen LogP contribution >= 0.6 is 0 Å².